The molecule has 3 rings (SSSR count). The lowest BCUT2D eigenvalue weighted by molar-refractivity contribution is 0.172. The second-order valence-corrected chi connectivity index (χ2v) is 7.12. The van der Waals surface area contributed by atoms with Gasteiger partial charge in [0.05, 0.1) is 20.3 Å². The second kappa shape index (κ2) is 7.13. The van der Waals surface area contributed by atoms with Crippen molar-refractivity contribution in [2.24, 2.45) is 0 Å². The molecule has 0 amide bonds. The number of fused-ring (bicyclic) bond motifs is 1. The molecule has 0 radical (unpaired) electrons. The maximum atomic E-state index is 5.54. The van der Waals surface area contributed by atoms with Crippen LogP contribution in [0.25, 0.3) is 0 Å². The molecule has 1 unspecified atom stereocenters. The Bertz CT molecular complexity index is 718. The average Bonchev–Trinajstić information content (AvgIpc) is 2.68. The molecular weight excluding hydrogens is 368 g/mol. The van der Waals surface area contributed by atoms with E-state index in [0.29, 0.717) is 6.04 Å². The summed E-state index contributed by atoms with van der Waals surface area (Å²) in [4.78, 5) is 0. The quantitative estimate of drug-likeness (QED) is 0.860. The smallest absolute Gasteiger partial charge is 0.161 e. The number of hydrazine groups is 1. The predicted octanol–water partition coefficient (Wildman–Crippen LogP) is 3.94. The molecule has 0 spiro atoms. The van der Waals surface area contributed by atoms with Crippen LogP contribution in [0.4, 0.5) is 0 Å². The van der Waals surface area contributed by atoms with E-state index < -0.39 is 0 Å². The molecule has 4 nitrogen and oxygen atoms in total. The molecule has 0 aliphatic carbocycles. The first kappa shape index (κ1) is 17.3. The lowest BCUT2D eigenvalue weighted by Gasteiger charge is -2.29. The zero-order valence-electron chi connectivity index (χ0n) is 14.5. The summed E-state index contributed by atoms with van der Waals surface area (Å²) in [6.45, 7) is 2.20. The molecule has 2 aromatic rings. The highest BCUT2D eigenvalue weighted by Gasteiger charge is 2.28. The van der Waals surface area contributed by atoms with Crippen molar-refractivity contribution in [2.45, 2.75) is 25.4 Å². The Labute approximate surface area is 151 Å². The summed E-state index contributed by atoms with van der Waals surface area (Å²) >= 11 is 3.52. The molecular formula is C19H23BrN2O2. The molecule has 0 saturated heterocycles. The first-order valence-electron chi connectivity index (χ1n) is 8.02. The van der Waals surface area contributed by atoms with Crippen LogP contribution in [0.15, 0.2) is 40.9 Å². The van der Waals surface area contributed by atoms with Crippen LogP contribution >= 0.6 is 15.9 Å². The van der Waals surface area contributed by atoms with Crippen LogP contribution in [0, 0.1) is 0 Å². The van der Waals surface area contributed by atoms with Crippen molar-refractivity contribution in [3.05, 3.63) is 57.6 Å². The summed E-state index contributed by atoms with van der Waals surface area (Å²) in [5.41, 5.74) is 7.33. The summed E-state index contributed by atoms with van der Waals surface area (Å²) in [6.07, 6.45) is 0.938. The summed E-state index contributed by atoms with van der Waals surface area (Å²) in [5, 5.41) is 2.19. The van der Waals surface area contributed by atoms with Crippen molar-refractivity contribution in [3.63, 3.8) is 0 Å². The zero-order chi connectivity index (χ0) is 17.3. The third-order valence-corrected chi connectivity index (χ3v) is 4.99. The van der Waals surface area contributed by atoms with Crippen LogP contribution in [0.5, 0.6) is 11.5 Å². The Morgan fingerprint density at radius 3 is 2.33 bits per heavy atom. The Morgan fingerprint density at radius 2 is 1.71 bits per heavy atom. The van der Waals surface area contributed by atoms with Crippen molar-refractivity contribution in [1.82, 2.24) is 10.4 Å². The van der Waals surface area contributed by atoms with E-state index in [-0.39, 0.29) is 6.04 Å². The normalized spacial score (nSPS) is 21.0. The number of hydrogen-bond acceptors (Lipinski definition) is 4. The van der Waals surface area contributed by atoms with Gasteiger partial charge in [-0.1, -0.05) is 28.1 Å². The van der Waals surface area contributed by atoms with Crippen LogP contribution in [0.1, 0.15) is 29.7 Å². The van der Waals surface area contributed by atoms with E-state index in [1.54, 1.807) is 14.2 Å². The SMILES string of the molecule is COc1cc2c(cc1OC)C(c1ccc(Br)cc1)N(C)N[C@@H](C)C2. The highest BCUT2D eigenvalue weighted by atomic mass is 79.9. The molecule has 128 valence electrons. The van der Waals surface area contributed by atoms with Crippen molar-refractivity contribution < 1.29 is 9.47 Å². The molecule has 1 N–H and O–H groups in total. The number of halogens is 1. The van der Waals surface area contributed by atoms with Crippen LogP contribution < -0.4 is 14.9 Å². The fourth-order valence-electron chi connectivity index (χ4n) is 3.42. The predicted molar refractivity (Wildman–Crippen MR) is 99.6 cm³/mol. The summed E-state index contributed by atoms with van der Waals surface area (Å²) in [6, 6.07) is 13.1. The molecule has 2 aromatic carbocycles. The third kappa shape index (κ3) is 3.29. The Hall–Kier alpha value is -1.56. The lowest BCUT2D eigenvalue weighted by Crippen LogP contribution is -2.42. The van der Waals surface area contributed by atoms with E-state index in [1.807, 2.05) is 0 Å². The monoisotopic (exact) mass is 390 g/mol. The van der Waals surface area contributed by atoms with E-state index in [9.17, 15) is 0 Å². The van der Waals surface area contributed by atoms with Gasteiger partial charge in [0.2, 0.25) is 0 Å². The van der Waals surface area contributed by atoms with Gasteiger partial charge in [-0.15, -0.1) is 0 Å². The summed E-state index contributed by atoms with van der Waals surface area (Å²) in [5.74, 6) is 1.55. The average molecular weight is 391 g/mol. The Morgan fingerprint density at radius 1 is 1.08 bits per heavy atom. The topological polar surface area (TPSA) is 33.7 Å². The molecule has 1 aliphatic rings. The standard InChI is InChI=1S/C19H23BrN2O2/c1-12-9-14-10-17(23-3)18(24-4)11-16(14)19(22(2)21-12)13-5-7-15(20)8-6-13/h5-8,10-12,19,21H,9H2,1-4H3/t12-,19?/m0/s1. The number of nitrogens with one attached hydrogen (secondary N) is 1. The molecule has 0 fully saturated rings. The van der Waals surface area contributed by atoms with Gasteiger partial charge in [-0.05, 0) is 54.3 Å². The highest BCUT2D eigenvalue weighted by Crippen LogP contribution is 2.39. The van der Waals surface area contributed by atoms with Gasteiger partial charge in [0.15, 0.2) is 11.5 Å². The van der Waals surface area contributed by atoms with Crippen molar-refractivity contribution >= 4 is 15.9 Å². The molecule has 0 aromatic heterocycles. The second-order valence-electron chi connectivity index (χ2n) is 6.21. The Balaban J connectivity index is 2.17. The van der Waals surface area contributed by atoms with E-state index in [1.165, 1.54) is 16.7 Å². The molecule has 5 heteroatoms. The van der Waals surface area contributed by atoms with E-state index in [0.717, 1.165) is 22.4 Å². The number of benzene rings is 2. The fourth-order valence-corrected chi connectivity index (χ4v) is 3.69. The zero-order valence-corrected chi connectivity index (χ0v) is 16.1. The molecule has 24 heavy (non-hydrogen) atoms. The fraction of sp³-hybridized carbons (Fsp3) is 0.368. The van der Waals surface area contributed by atoms with Crippen molar-refractivity contribution in [2.75, 3.05) is 21.3 Å². The highest BCUT2D eigenvalue weighted by molar-refractivity contribution is 9.10. The van der Waals surface area contributed by atoms with Gasteiger partial charge in [-0.2, -0.15) is 0 Å². The van der Waals surface area contributed by atoms with E-state index in [2.05, 4.69) is 76.7 Å². The van der Waals surface area contributed by atoms with Crippen molar-refractivity contribution in [3.8, 4) is 11.5 Å². The molecule has 2 atom stereocenters. The number of ether oxygens (including phenoxy) is 2. The van der Waals surface area contributed by atoms with Crippen LogP contribution in [-0.4, -0.2) is 32.3 Å². The first-order valence-corrected chi connectivity index (χ1v) is 8.82. The van der Waals surface area contributed by atoms with Gasteiger partial charge >= 0.3 is 0 Å². The maximum absolute atomic E-state index is 5.54. The van der Waals surface area contributed by atoms with Crippen LogP contribution in [0.2, 0.25) is 0 Å². The minimum atomic E-state index is 0.109. The number of hydrogen-bond donors (Lipinski definition) is 1. The first-order chi connectivity index (χ1) is 11.5. The summed E-state index contributed by atoms with van der Waals surface area (Å²) in [7, 11) is 5.45. The van der Waals surface area contributed by atoms with Gasteiger partial charge in [-0.3, -0.25) is 5.43 Å². The van der Waals surface area contributed by atoms with E-state index in [4.69, 9.17) is 9.47 Å². The molecule has 0 bridgehead atoms. The largest absolute Gasteiger partial charge is 0.493 e. The molecule has 1 heterocycles. The summed E-state index contributed by atoms with van der Waals surface area (Å²) < 4.78 is 12.1. The van der Waals surface area contributed by atoms with E-state index >= 15 is 0 Å². The maximum Gasteiger partial charge on any atom is 0.161 e. The van der Waals surface area contributed by atoms with Crippen LogP contribution in [0.3, 0.4) is 0 Å². The van der Waals surface area contributed by atoms with Gasteiger partial charge in [0.1, 0.15) is 0 Å². The Kier molecular flexibility index (Phi) is 5.13. The minimum absolute atomic E-state index is 0.109. The van der Waals surface area contributed by atoms with Gasteiger partial charge in [0.25, 0.3) is 0 Å². The third-order valence-electron chi connectivity index (χ3n) is 4.46. The number of rotatable bonds is 3. The lowest BCUT2D eigenvalue weighted by atomic mass is 9.92. The van der Waals surface area contributed by atoms with Gasteiger partial charge in [0, 0.05) is 17.6 Å². The van der Waals surface area contributed by atoms with Gasteiger partial charge in [-0.25, -0.2) is 5.01 Å². The van der Waals surface area contributed by atoms with Crippen LogP contribution in [-0.2, 0) is 6.42 Å². The minimum Gasteiger partial charge on any atom is -0.493 e. The molecule has 1 aliphatic heterocycles. The van der Waals surface area contributed by atoms with Gasteiger partial charge < -0.3 is 9.47 Å². The number of methoxy groups -OCH3 is 2. The number of nitrogens with zero attached hydrogens (tertiary/aromatic N) is 1. The molecule has 0 saturated carbocycles. The van der Waals surface area contributed by atoms with Crippen molar-refractivity contribution in [1.29, 1.82) is 0 Å².